The predicted octanol–water partition coefficient (Wildman–Crippen LogP) is 4.68. The molecular formula is C29H30ClF4N7O2. The smallest absolute Gasteiger partial charge is 0.435 e. The molecule has 0 amide bonds. The number of Topliss-reactive ketones (excluding diaryl/α,β-unsaturated/α-hetero) is 1. The number of aromatic nitrogens is 5. The van der Waals surface area contributed by atoms with Crippen LogP contribution in [0.1, 0.15) is 40.1 Å². The zero-order valence-corrected chi connectivity index (χ0v) is 24.3. The quantitative estimate of drug-likeness (QED) is 0.300. The lowest BCUT2D eigenvalue weighted by atomic mass is 9.87. The number of rotatable bonds is 7. The summed E-state index contributed by atoms with van der Waals surface area (Å²) in [5, 5.41) is 3.77. The maximum absolute atomic E-state index is 14.5. The summed E-state index contributed by atoms with van der Waals surface area (Å²) >= 11 is 0. The number of aryl methyl sites for hydroxylation is 2. The minimum absolute atomic E-state index is 0. The molecule has 0 bridgehead atoms. The molecule has 0 saturated carbocycles. The van der Waals surface area contributed by atoms with Gasteiger partial charge in [-0.15, -0.1) is 12.4 Å². The molecule has 2 aliphatic heterocycles. The van der Waals surface area contributed by atoms with Crippen molar-refractivity contribution in [2.24, 2.45) is 11.7 Å². The van der Waals surface area contributed by atoms with Gasteiger partial charge in [-0.05, 0) is 43.7 Å². The molecule has 228 valence electrons. The Bertz CT molecular complexity index is 1660. The molecule has 1 fully saturated rings. The van der Waals surface area contributed by atoms with Gasteiger partial charge in [0.15, 0.2) is 23.1 Å². The SMILES string of the molecule is CCn1cc(-c2cc(Cn3ccnc3C)cc3c2OCC(Cc2ccc(F)c(N4CC(N)C4)n2)C3=O)c(C(F)(F)F)n1.Cl. The molecule has 1 atom stereocenters. The van der Waals surface area contributed by atoms with Crippen LogP contribution in [0.25, 0.3) is 11.1 Å². The van der Waals surface area contributed by atoms with Gasteiger partial charge in [-0.1, -0.05) is 0 Å². The Kier molecular flexibility index (Phi) is 8.23. The number of hydrogen-bond acceptors (Lipinski definition) is 7. The third-order valence-electron chi connectivity index (χ3n) is 7.68. The molecule has 14 heteroatoms. The monoisotopic (exact) mass is 619 g/mol. The molecule has 5 heterocycles. The first-order valence-corrected chi connectivity index (χ1v) is 13.6. The van der Waals surface area contributed by atoms with Crippen LogP contribution in [0.15, 0.2) is 42.9 Å². The van der Waals surface area contributed by atoms with Crippen LogP contribution in [0.5, 0.6) is 5.75 Å². The van der Waals surface area contributed by atoms with Crippen molar-refractivity contribution in [1.82, 2.24) is 24.3 Å². The van der Waals surface area contributed by atoms with Gasteiger partial charge in [-0.25, -0.2) is 14.4 Å². The molecule has 0 radical (unpaired) electrons. The van der Waals surface area contributed by atoms with Crippen LogP contribution in [0.2, 0.25) is 0 Å². The number of hydrogen-bond donors (Lipinski definition) is 1. The topological polar surface area (TPSA) is 104 Å². The number of halogens is 5. The number of carbonyl (C=O) groups excluding carboxylic acids is 1. The van der Waals surface area contributed by atoms with Gasteiger partial charge >= 0.3 is 6.18 Å². The first-order chi connectivity index (χ1) is 20.0. The molecule has 4 aromatic rings. The number of fused-ring (bicyclic) bond motifs is 1. The molecule has 0 aliphatic carbocycles. The second-order valence-corrected chi connectivity index (χ2v) is 10.7. The molecule has 43 heavy (non-hydrogen) atoms. The summed E-state index contributed by atoms with van der Waals surface area (Å²) < 4.78 is 65.8. The number of ether oxygens (including phenoxy) is 1. The molecule has 6 rings (SSSR count). The fraction of sp³-hybridized carbons (Fsp3) is 0.379. The van der Waals surface area contributed by atoms with Crippen LogP contribution >= 0.6 is 12.4 Å². The summed E-state index contributed by atoms with van der Waals surface area (Å²) in [6.07, 6.45) is 0.176. The van der Waals surface area contributed by atoms with Crippen LogP contribution in [-0.4, -0.2) is 55.8 Å². The Hall–Kier alpha value is -3.97. The van der Waals surface area contributed by atoms with E-state index < -0.39 is 23.6 Å². The van der Waals surface area contributed by atoms with Crippen LogP contribution in [0, 0.1) is 18.7 Å². The zero-order valence-electron chi connectivity index (χ0n) is 23.4. The summed E-state index contributed by atoms with van der Waals surface area (Å²) in [6, 6.07) is 6.08. The standard InChI is InChI=1S/C29H29F4N7O2.ClH/c1-3-40-14-23(27(37-40)29(31,32)33)21-8-17(11-38-7-6-35-16(38)2)9-22-25(41)18(15-42-26(21)22)10-20-4-5-24(30)28(36-20)39-12-19(34)13-39;/h4-9,14,18-19H,3,10-13,15,34H2,1-2H3;1H. The summed E-state index contributed by atoms with van der Waals surface area (Å²) in [6.45, 7) is 4.94. The second-order valence-electron chi connectivity index (χ2n) is 10.7. The number of benzene rings is 1. The number of nitrogens with zero attached hydrogens (tertiary/aromatic N) is 6. The fourth-order valence-electron chi connectivity index (χ4n) is 5.45. The van der Waals surface area contributed by atoms with E-state index in [0.717, 1.165) is 0 Å². The van der Waals surface area contributed by atoms with Gasteiger partial charge in [-0.3, -0.25) is 9.48 Å². The number of imidazole rings is 1. The van der Waals surface area contributed by atoms with Gasteiger partial charge in [0.25, 0.3) is 0 Å². The average Bonchev–Trinajstić information content (AvgIpc) is 3.56. The summed E-state index contributed by atoms with van der Waals surface area (Å²) in [4.78, 5) is 24.3. The van der Waals surface area contributed by atoms with Gasteiger partial charge < -0.3 is 19.9 Å². The molecular weight excluding hydrogens is 590 g/mol. The van der Waals surface area contributed by atoms with Crippen LogP contribution in [0.3, 0.4) is 0 Å². The van der Waals surface area contributed by atoms with Crippen molar-refractivity contribution in [1.29, 1.82) is 0 Å². The highest BCUT2D eigenvalue weighted by atomic mass is 35.5. The number of anilines is 1. The van der Waals surface area contributed by atoms with Crippen molar-refractivity contribution in [3.05, 3.63) is 77.0 Å². The minimum Gasteiger partial charge on any atom is -0.491 e. The Labute approximate surface area is 251 Å². The van der Waals surface area contributed by atoms with E-state index in [1.165, 1.54) is 23.0 Å². The third kappa shape index (κ3) is 5.83. The first-order valence-electron chi connectivity index (χ1n) is 13.6. The van der Waals surface area contributed by atoms with E-state index in [4.69, 9.17) is 10.5 Å². The Morgan fingerprint density at radius 1 is 1.14 bits per heavy atom. The highest BCUT2D eigenvalue weighted by Crippen LogP contribution is 2.44. The molecule has 3 aromatic heterocycles. The summed E-state index contributed by atoms with van der Waals surface area (Å²) in [5.74, 6) is -0.431. The van der Waals surface area contributed by atoms with E-state index in [-0.39, 0.29) is 78.6 Å². The molecule has 9 nitrogen and oxygen atoms in total. The van der Waals surface area contributed by atoms with E-state index in [2.05, 4.69) is 15.1 Å². The highest BCUT2D eigenvalue weighted by molar-refractivity contribution is 6.04. The average molecular weight is 620 g/mol. The second kappa shape index (κ2) is 11.6. The lowest BCUT2D eigenvalue weighted by molar-refractivity contribution is -0.141. The molecule has 1 unspecified atom stereocenters. The fourth-order valence-corrected chi connectivity index (χ4v) is 5.45. The van der Waals surface area contributed by atoms with Crippen molar-refractivity contribution in [3.8, 4) is 16.9 Å². The number of nitrogens with two attached hydrogens (primary N) is 1. The van der Waals surface area contributed by atoms with E-state index in [1.54, 1.807) is 36.4 Å². The Balaban J connectivity index is 0.00000368. The normalized spacial score (nSPS) is 16.9. The first kappa shape index (κ1) is 30.5. The molecule has 1 aromatic carbocycles. The van der Waals surface area contributed by atoms with E-state index in [1.807, 2.05) is 11.5 Å². The maximum Gasteiger partial charge on any atom is 0.435 e. The van der Waals surface area contributed by atoms with Crippen molar-refractivity contribution in [2.45, 2.75) is 45.6 Å². The molecule has 2 aliphatic rings. The largest absolute Gasteiger partial charge is 0.491 e. The lowest BCUT2D eigenvalue weighted by Gasteiger charge is -2.38. The third-order valence-corrected chi connectivity index (χ3v) is 7.68. The van der Waals surface area contributed by atoms with Gasteiger partial charge in [-0.2, -0.15) is 18.3 Å². The summed E-state index contributed by atoms with van der Waals surface area (Å²) in [7, 11) is 0. The summed E-state index contributed by atoms with van der Waals surface area (Å²) in [5.41, 5.74) is 6.08. The molecule has 2 N–H and O–H groups in total. The number of carbonyl (C=O) groups is 1. The van der Waals surface area contributed by atoms with Gasteiger partial charge in [0.2, 0.25) is 0 Å². The lowest BCUT2D eigenvalue weighted by Crippen LogP contribution is -2.56. The van der Waals surface area contributed by atoms with Crippen molar-refractivity contribution >= 4 is 24.0 Å². The van der Waals surface area contributed by atoms with Gasteiger partial charge in [0, 0.05) is 74.1 Å². The maximum atomic E-state index is 14.5. The van der Waals surface area contributed by atoms with Crippen LogP contribution in [0.4, 0.5) is 23.4 Å². The van der Waals surface area contributed by atoms with E-state index in [0.29, 0.717) is 30.2 Å². The van der Waals surface area contributed by atoms with Crippen molar-refractivity contribution in [3.63, 3.8) is 0 Å². The zero-order chi connectivity index (χ0) is 29.8. The van der Waals surface area contributed by atoms with Crippen molar-refractivity contribution in [2.75, 3.05) is 24.6 Å². The number of pyridine rings is 1. The molecule has 1 saturated heterocycles. The number of alkyl halides is 3. The Morgan fingerprint density at radius 2 is 1.88 bits per heavy atom. The van der Waals surface area contributed by atoms with Gasteiger partial charge in [0.1, 0.15) is 11.6 Å². The number of ketones is 1. The highest BCUT2D eigenvalue weighted by Gasteiger charge is 2.40. The van der Waals surface area contributed by atoms with Crippen LogP contribution in [-0.2, 0) is 25.7 Å². The van der Waals surface area contributed by atoms with E-state index >= 15 is 0 Å². The van der Waals surface area contributed by atoms with Gasteiger partial charge in [0.05, 0.1) is 18.1 Å². The molecule has 0 spiro atoms. The minimum atomic E-state index is -4.72. The van der Waals surface area contributed by atoms with Crippen molar-refractivity contribution < 1.29 is 27.1 Å². The Morgan fingerprint density at radius 3 is 2.53 bits per heavy atom. The van der Waals surface area contributed by atoms with E-state index in [9.17, 15) is 22.4 Å². The van der Waals surface area contributed by atoms with Crippen LogP contribution < -0.4 is 15.4 Å². The predicted molar refractivity (Wildman–Crippen MR) is 153 cm³/mol.